The van der Waals surface area contributed by atoms with Gasteiger partial charge in [0, 0.05) is 22.5 Å². The smallest absolute Gasteiger partial charge is 0.0465 e. The number of hydrogen-bond donors (Lipinski definition) is 0. The molecule has 0 unspecified atom stereocenters. The maximum Gasteiger partial charge on any atom is 0.0465 e. The van der Waals surface area contributed by atoms with Gasteiger partial charge in [0.25, 0.3) is 0 Å². The van der Waals surface area contributed by atoms with Gasteiger partial charge in [-0.1, -0.05) is 106 Å². The molecule has 0 radical (unpaired) electrons. The SMILES string of the molecule is CCCCC1(CCCC)c2ccccc2-c2ccc(N(c3ccccc3)c3ccc(C)cc3)cc21. The minimum absolute atomic E-state index is 0.101. The average molecular weight is 460 g/mol. The van der Waals surface area contributed by atoms with Crippen molar-refractivity contribution in [1.29, 1.82) is 0 Å². The largest absolute Gasteiger partial charge is 0.310 e. The molecule has 35 heavy (non-hydrogen) atoms. The lowest BCUT2D eigenvalue weighted by atomic mass is 9.71. The Kier molecular flexibility index (Phi) is 6.77. The van der Waals surface area contributed by atoms with Crippen molar-refractivity contribution in [2.24, 2.45) is 0 Å². The molecule has 0 spiro atoms. The standard InChI is InChI=1S/C34H37N/c1-4-6-23-34(24-7-5-2)32-16-12-11-15-30(32)31-22-21-29(25-33(31)34)35(27-13-9-8-10-14-27)28-19-17-26(3)18-20-28/h8-22,25H,4-7,23-24H2,1-3H3. The Labute approximate surface area is 211 Å². The molecule has 0 bridgehead atoms. The fraction of sp³-hybridized carbons (Fsp3) is 0.294. The van der Waals surface area contributed by atoms with E-state index < -0.39 is 0 Å². The summed E-state index contributed by atoms with van der Waals surface area (Å²) in [6, 6.07) is 36.1. The maximum absolute atomic E-state index is 2.51. The molecule has 5 rings (SSSR count). The molecule has 1 heteroatoms. The van der Waals surface area contributed by atoms with Gasteiger partial charge in [0.05, 0.1) is 0 Å². The van der Waals surface area contributed by atoms with Gasteiger partial charge < -0.3 is 4.90 Å². The zero-order valence-electron chi connectivity index (χ0n) is 21.4. The van der Waals surface area contributed by atoms with Crippen LogP contribution in [-0.2, 0) is 5.41 Å². The minimum Gasteiger partial charge on any atom is -0.310 e. The first-order valence-electron chi connectivity index (χ1n) is 13.3. The predicted octanol–water partition coefficient (Wildman–Crippen LogP) is 10.1. The molecular weight excluding hydrogens is 422 g/mol. The molecular formula is C34H37N. The van der Waals surface area contributed by atoms with E-state index in [4.69, 9.17) is 0 Å². The van der Waals surface area contributed by atoms with Crippen LogP contribution >= 0.6 is 0 Å². The van der Waals surface area contributed by atoms with E-state index in [1.54, 1.807) is 0 Å². The first kappa shape index (κ1) is 23.4. The number of unbranched alkanes of at least 4 members (excludes halogenated alkanes) is 2. The molecule has 0 saturated heterocycles. The first-order valence-corrected chi connectivity index (χ1v) is 13.3. The van der Waals surface area contributed by atoms with E-state index in [9.17, 15) is 0 Å². The molecule has 1 aliphatic carbocycles. The lowest BCUT2D eigenvalue weighted by Gasteiger charge is -2.34. The molecule has 0 aromatic heterocycles. The van der Waals surface area contributed by atoms with Crippen LogP contribution in [0.3, 0.4) is 0 Å². The summed E-state index contributed by atoms with van der Waals surface area (Å²) in [5.41, 5.74) is 10.9. The van der Waals surface area contributed by atoms with E-state index in [2.05, 4.69) is 123 Å². The summed E-state index contributed by atoms with van der Waals surface area (Å²) >= 11 is 0. The molecule has 4 aromatic rings. The predicted molar refractivity (Wildman–Crippen MR) is 151 cm³/mol. The highest BCUT2D eigenvalue weighted by molar-refractivity contribution is 5.85. The zero-order chi connectivity index (χ0) is 24.3. The van der Waals surface area contributed by atoms with Crippen molar-refractivity contribution >= 4 is 17.1 Å². The number of rotatable bonds is 9. The Hall–Kier alpha value is -3.32. The average Bonchev–Trinajstić information content (AvgIpc) is 3.17. The molecule has 0 heterocycles. The Morgan fingerprint density at radius 3 is 1.83 bits per heavy atom. The van der Waals surface area contributed by atoms with Crippen LogP contribution in [0, 0.1) is 6.92 Å². The Morgan fingerprint density at radius 1 is 0.571 bits per heavy atom. The van der Waals surface area contributed by atoms with Crippen molar-refractivity contribution in [1.82, 2.24) is 0 Å². The van der Waals surface area contributed by atoms with Gasteiger partial charge in [0.15, 0.2) is 0 Å². The molecule has 0 amide bonds. The van der Waals surface area contributed by atoms with Crippen LogP contribution in [0.1, 0.15) is 69.1 Å². The second-order valence-corrected chi connectivity index (χ2v) is 10.1. The van der Waals surface area contributed by atoms with E-state index in [-0.39, 0.29) is 5.41 Å². The van der Waals surface area contributed by atoms with E-state index in [1.807, 2.05) is 0 Å². The van der Waals surface area contributed by atoms with E-state index in [0.717, 1.165) is 0 Å². The van der Waals surface area contributed by atoms with Crippen LogP contribution in [0.15, 0.2) is 97.1 Å². The number of aryl methyl sites for hydroxylation is 1. The topological polar surface area (TPSA) is 3.24 Å². The molecule has 0 atom stereocenters. The normalized spacial score (nSPS) is 13.3. The van der Waals surface area contributed by atoms with Gasteiger partial charge in [0.2, 0.25) is 0 Å². The third kappa shape index (κ3) is 4.29. The first-order chi connectivity index (χ1) is 17.2. The van der Waals surface area contributed by atoms with Gasteiger partial charge in [0.1, 0.15) is 0 Å². The zero-order valence-corrected chi connectivity index (χ0v) is 21.4. The van der Waals surface area contributed by atoms with Crippen molar-refractivity contribution in [2.75, 3.05) is 4.90 Å². The van der Waals surface area contributed by atoms with Gasteiger partial charge in [-0.3, -0.25) is 0 Å². The molecule has 4 aromatic carbocycles. The number of para-hydroxylation sites is 1. The number of benzene rings is 4. The quantitative estimate of drug-likeness (QED) is 0.241. The lowest BCUT2D eigenvalue weighted by molar-refractivity contribution is 0.414. The van der Waals surface area contributed by atoms with Crippen molar-refractivity contribution in [3.05, 3.63) is 114 Å². The Morgan fingerprint density at radius 2 is 1.14 bits per heavy atom. The summed E-state index contributed by atoms with van der Waals surface area (Å²) in [6.45, 7) is 6.79. The van der Waals surface area contributed by atoms with Crippen LogP contribution in [0.5, 0.6) is 0 Å². The van der Waals surface area contributed by atoms with E-state index in [0.29, 0.717) is 0 Å². The maximum atomic E-state index is 2.51. The van der Waals surface area contributed by atoms with Gasteiger partial charge >= 0.3 is 0 Å². The highest BCUT2D eigenvalue weighted by Crippen LogP contribution is 2.55. The third-order valence-corrected chi connectivity index (χ3v) is 7.73. The van der Waals surface area contributed by atoms with Crippen LogP contribution in [-0.4, -0.2) is 0 Å². The summed E-state index contributed by atoms with van der Waals surface area (Å²) in [7, 11) is 0. The summed E-state index contributed by atoms with van der Waals surface area (Å²) in [5, 5.41) is 0. The molecule has 1 aliphatic rings. The van der Waals surface area contributed by atoms with Gasteiger partial charge in [-0.25, -0.2) is 0 Å². The van der Waals surface area contributed by atoms with Crippen molar-refractivity contribution in [3.63, 3.8) is 0 Å². The number of nitrogens with zero attached hydrogens (tertiary/aromatic N) is 1. The van der Waals surface area contributed by atoms with Crippen LogP contribution in [0.2, 0.25) is 0 Å². The van der Waals surface area contributed by atoms with Gasteiger partial charge in [-0.05, 0) is 78.4 Å². The highest BCUT2D eigenvalue weighted by atomic mass is 15.1. The van der Waals surface area contributed by atoms with Crippen LogP contribution in [0.25, 0.3) is 11.1 Å². The Bertz CT molecular complexity index is 1260. The second-order valence-electron chi connectivity index (χ2n) is 10.1. The molecule has 178 valence electrons. The number of fused-ring (bicyclic) bond motifs is 3. The minimum atomic E-state index is 0.101. The van der Waals surface area contributed by atoms with Crippen molar-refractivity contribution in [3.8, 4) is 11.1 Å². The molecule has 0 fully saturated rings. The second kappa shape index (κ2) is 10.1. The van der Waals surface area contributed by atoms with E-state index in [1.165, 1.54) is 83.4 Å². The van der Waals surface area contributed by atoms with Crippen molar-refractivity contribution < 1.29 is 0 Å². The number of anilines is 3. The van der Waals surface area contributed by atoms with Gasteiger partial charge in [-0.15, -0.1) is 0 Å². The highest BCUT2D eigenvalue weighted by Gasteiger charge is 2.42. The summed E-state index contributed by atoms with van der Waals surface area (Å²) < 4.78 is 0. The summed E-state index contributed by atoms with van der Waals surface area (Å²) in [5.74, 6) is 0. The molecule has 0 saturated carbocycles. The third-order valence-electron chi connectivity index (χ3n) is 7.73. The molecule has 0 aliphatic heterocycles. The lowest BCUT2D eigenvalue weighted by Crippen LogP contribution is -2.25. The summed E-state index contributed by atoms with van der Waals surface area (Å²) in [4.78, 5) is 2.41. The van der Waals surface area contributed by atoms with Crippen LogP contribution in [0.4, 0.5) is 17.1 Å². The van der Waals surface area contributed by atoms with Crippen LogP contribution < -0.4 is 4.90 Å². The number of hydrogen-bond acceptors (Lipinski definition) is 1. The monoisotopic (exact) mass is 459 g/mol. The summed E-state index contributed by atoms with van der Waals surface area (Å²) in [6.07, 6.45) is 7.39. The fourth-order valence-electron chi connectivity index (χ4n) is 5.92. The molecule has 0 N–H and O–H groups in total. The van der Waals surface area contributed by atoms with Gasteiger partial charge in [-0.2, -0.15) is 0 Å². The Balaban J connectivity index is 1.70. The fourth-order valence-corrected chi connectivity index (χ4v) is 5.92. The van der Waals surface area contributed by atoms with E-state index >= 15 is 0 Å². The van der Waals surface area contributed by atoms with Crippen molar-refractivity contribution in [2.45, 2.75) is 64.7 Å². The molecule has 1 nitrogen and oxygen atoms in total.